The summed E-state index contributed by atoms with van der Waals surface area (Å²) < 4.78 is 5.26. The molecule has 0 saturated heterocycles. The molecule has 27 heavy (non-hydrogen) atoms. The molecule has 0 amide bonds. The van der Waals surface area contributed by atoms with Gasteiger partial charge < -0.3 is 14.9 Å². The Labute approximate surface area is 164 Å². The van der Waals surface area contributed by atoms with Gasteiger partial charge in [-0.05, 0) is 13.3 Å². The number of carbonyl (C=O) groups is 1. The van der Waals surface area contributed by atoms with Crippen LogP contribution in [0, 0.1) is 6.92 Å². The highest BCUT2D eigenvalue weighted by atomic mass is 16.5. The van der Waals surface area contributed by atoms with Crippen molar-refractivity contribution in [2.24, 2.45) is 0 Å². The lowest BCUT2D eigenvalue weighted by molar-refractivity contribution is -0.145. The number of aromatic nitrogens is 1. The van der Waals surface area contributed by atoms with E-state index in [1.165, 1.54) is 64.0 Å². The Bertz CT molecular complexity index is 545. The summed E-state index contributed by atoms with van der Waals surface area (Å²) in [5, 5.41) is 19.3. The molecule has 0 aromatic carbocycles. The van der Waals surface area contributed by atoms with Gasteiger partial charge in [0, 0.05) is 23.7 Å². The molecule has 0 aliphatic carbocycles. The van der Waals surface area contributed by atoms with Crippen molar-refractivity contribution in [3.05, 3.63) is 23.0 Å². The van der Waals surface area contributed by atoms with Crippen LogP contribution in [0.25, 0.3) is 0 Å². The van der Waals surface area contributed by atoms with Gasteiger partial charge in [-0.25, -0.2) is 0 Å². The minimum atomic E-state index is -0.305. The van der Waals surface area contributed by atoms with E-state index in [1.54, 1.807) is 6.92 Å². The number of esters is 1. The van der Waals surface area contributed by atoms with Gasteiger partial charge in [0.15, 0.2) is 0 Å². The minimum absolute atomic E-state index is 0.0311. The van der Waals surface area contributed by atoms with Crippen LogP contribution in [0.5, 0.6) is 5.75 Å². The van der Waals surface area contributed by atoms with Crippen molar-refractivity contribution in [1.82, 2.24) is 4.98 Å². The zero-order chi connectivity index (χ0) is 19.9. The summed E-state index contributed by atoms with van der Waals surface area (Å²) >= 11 is 0. The number of aliphatic hydroxyl groups is 1. The van der Waals surface area contributed by atoms with E-state index in [1.807, 2.05) is 0 Å². The Morgan fingerprint density at radius 1 is 1.00 bits per heavy atom. The third-order valence-corrected chi connectivity index (χ3v) is 4.96. The van der Waals surface area contributed by atoms with E-state index in [4.69, 9.17) is 4.74 Å². The van der Waals surface area contributed by atoms with Gasteiger partial charge in [0.1, 0.15) is 12.4 Å². The van der Waals surface area contributed by atoms with Crippen molar-refractivity contribution >= 4 is 5.97 Å². The van der Waals surface area contributed by atoms with Crippen LogP contribution in [0.15, 0.2) is 6.20 Å². The van der Waals surface area contributed by atoms with Crippen molar-refractivity contribution < 1.29 is 19.7 Å². The number of aromatic hydroxyl groups is 1. The van der Waals surface area contributed by atoms with E-state index < -0.39 is 0 Å². The van der Waals surface area contributed by atoms with Gasteiger partial charge in [-0.1, -0.05) is 71.1 Å². The maximum atomic E-state index is 11.9. The second-order valence-corrected chi connectivity index (χ2v) is 7.30. The zero-order valence-corrected chi connectivity index (χ0v) is 17.1. The van der Waals surface area contributed by atoms with E-state index in [0.717, 1.165) is 12.8 Å². The third kappa shape index (κ3) is 9.76. The topological polar surface area (TPSA) is 79.7 Å². The monoisotopic (exact) mass is 379 g/mol. The lowest BCUT2D eigenvalue weighted by Gasteiger charge is -2.11. The van der Waals surface area contributed by atoms with Crippen molar-refractivity contribution in [2.45, 2.75) is 104 Å². The van der Waals surface area contributed by atoms with Gasteiger partial charge >= 0.3 is 5.97 Å². The Morgan fingerprint density at radius 3 is 2.11 bits per heavy atom. The number of pyridine rings is 1. The average molecular weight is 380 g/mol. The highest BCUT2D eigenvalue weighted by Crippen LogP contribution is 2.24. The number of hydrogen-bond acceptors (Lipinski definition) is 5. The molecule has 0 fully saturated rings. The first-order chi connectivity index (χ1) is 13.1. The lowest BCUT2D eigenvalue weighted by Crippen LogP contribution is -2.07. The van der Waals surface area contributed by atoms with Gasteiger partial charge in [0.05, 0.1) is 12.3 Å². The normalized spacial score (nSPS) is 10.9. The largest absolute Gasteiger partial charge is 0.506 e. The van der Waals surface area contributed by atoms with Gasteiger partial charge in [0.25, 0.3) is 0 Å². The summed E-state index contributed by atoms with van der Waals surface area (Å²) in [5.74, 6) is -0.272. The first-order valence-corrected chi connectivity index (χ1v) is 10.5. The van der Waals surface area contributed by atoms with Gasteiger partial charge in [-0.15, -0.1) is 0 Å². The van der Waals surface area contributed by atoms with Gasteiger partial charge in [-0.3, -0.25) is 9.78 Å². The van der Waals surface area contributed by atoms with Crippen LogP contribution in [-0.2, 0) is 22.7 Å². The second-order valence-electron chi connectivity index (χ2n) is 7.30. The molecule has 0 bridgehead atoms. The lowest BCUT2D eigenvalue weighted by atomic mass is 10.1. The van der Waals surface area contributed by atoms with Crippen LogP contribution in [0.3, 0.4) is 0 Å². The summed E-state index contributed by atoms with van der Waals surface area (Å²) in [6, 6.07) is 0. The Balaban J connectivity index is 2.08. The molecular weight excluding hydrogens is 342 g/mol. The van der Waals surface area contributed by atoms with Crippen LogP contribution in [0.1, 0.15) is 101 Å². The highest BCUT2D eigenvalue weighted by Gasteiger charge is 2.12. The quantitative estimate of drug-likeness (QED) is 0.318. The van der Waals surface area contributed by atoms with Crippen LogP contribution in [0.4, 0.5) is 0 Å². The summed E-state index contributed by atoms with van der Waals surface area (Å²) in [4.78, 5) is 15.9. The first-order valence-electron chi connectivity index (χ1n) is 10.5. The molecule has 1 aromatic rings. The molecule has 0 aliphatic heterocycles. The molecule has 2 N–H and O–H groups in total. The van der Waals surface area contributed by atoms with E-state index in [9.17, 15) is 15.0 Å². The molecule has 5 nitrogen and oxygen atoms in total. The number of hydrogen-bond donors (Lipinski definition) is 2. The molecule has 0 radical (unpaired) electrons. The van der Waals surface area contributed by atoms with E-state index in [0.29, 0.717) is 23.2 Å². The summed E-state index contributed by atoms with van der Waals surface area (Å²) in [5.41, 5.74) is 1.38. The second kappa shape index (κ2) is 14.4. The molecule has 1 aromatic heterocycles. The molecule has 0 atom stereocenters. The van der Waals surface area contributed by atoms with E-state index >= 15 is 0 Å². The highest BCUT2D eigenvalue weighted by molar-refractivity contribution is 5.69. The van der Waals surface area contributed by atoms with Crippen molar-refractivity contribution in [1.29, 1.82) is 0 Å². The zero-order valence-electron chi connectivity index (χ0n) is 17.1. The standard InChI is InChI=1S/C22H37NO4/c1-3-4-5-6-7-8-9-10-11-12-13-14-21(25)27-17-19-15-23-18(2)22(26)20(19)16-24/h15,24,26H,3-14,16-17H2,1-2H3. The molecule has 0 unspecified atom stereocenters. The maximum absolute atomic E-state index is 11.9. The molecular formula is C22H37NO4. The number of aryl methyl sites for hydroxylation is 1. The minimum Gasteiger partial charge on any atom is -0.506 e. The predicted molar refractivity (Wildman–Crippen MR) is 107 cm³/mol. The molecule has 0 saturated carbocycles. The maximum Gasteiger partial charge on any atom is 0.306 e. The molecule has 5 heteroatoms. The molecule has 0 aliphatic rings. The Kier molecular flexibility index (Phi) is 12.5. The van der Waals surface area contributed by atoms with Crippen LogP contribution < -0.4 is 0 Å². The van der Waals surface area contributed by atoms with Crippen LogP contribution in [0.2, 0.25) is 0 Å². The number of rotatable bonds is 15. The molecule has 1 rings (SSSR count). The van der Waals surface area contributed by atoms with Crippen LogP contribution in [-0.4, -0.2) is 21.2 Å². The Hall–Kier alpha value is -1.62. The summed E-state index contributed by atoms with van der Waals surface area (Å²) in [6.07, 6.45) is 15.7. The van der Waals surface area contributed by atoms with E-state index in [-0.39, 0.29) is 24.9 Å². The summed E-state index contributed by atoms with van der Waals surface area (Å²) in [7, 11) is 0. The molecule has 1 heterocycles. The van der Waals surface area contributed by atoms with Crippen LogP contribution >= 0.6 is 0 Å². The number of unbranched alkanes of at least 4 members (excludes halogenated alkanes) is 10. The van der Waals surface area contributed by atoms with Crippen molar-refractivity contribution in [3.63, 3.8) is 0 Å². The fraction of sp³-hybridized carbons (Fsp3) is 0.727. The third-order valence-electron chi connectivity index (χ3n) is 4.96. The first kappa shape index (κ1) is 23.4. The molecule has 0 spiro atoms. The Morgan fingerprint density at radius 2 is 1.56 bits per heavy atom. The van der Waals surface area contributed by atoms with Gasteiger partial charge in [-0.2, -0.15) is 0 Å². The average Bonchev–Trinajstić information content (AvgIpc) is 2.67. The smallest absolute Gasteiger partial charge is 0.306 e. The summed E-state index contributed by atoms with van der Waals surface area (Å²) in [6.45, 7) is 3.64. The van der Waals surface area contributed by atoms with Crippen molar-refractivity contribution in [3.8, 4) is 5.75 Å². The number of nitrogens with zero attached hydrogens (tertiary/aromatic N) is 1. The fourth-order valence-electron chi connectivity index (χ4n) is 3.15. The molecule has 154 valence electrons. The van der Waals surface area contributed by atoms with E-state index in [2.05, 4.69) is 11.9 Å². The number of carbonyl (C=O) groups excluding carboxylic acids is 1. The van der Waals surface area contributed by atoms with Gasteiger partial charge in [0.2, 0.25) is 0 Å². The number of ether oxygens (including phenoxy) is 1. The fourth-order valence-corrected chi connectivity index (χ4v) is 3.15. The predicted octanol–water partition coefficient (Wildman–Crippen LogP) is 5.33. The number of aliphatic hydroxyl groups excluding tert-OH is 1. The van der Waals surface area contributed by atoms with Crippen molar-refractivity contribution in [2.75, 3.05) is 0 Å². The SMILES string of the molecule is CCCCCCCCCCCCCC(=O)OCc1cnc(C)c(O)c1CO.